The highest BCUT2D eigenvalue weighted by molar-refractivity contribution is 5.73. The van der Waals surface area contributed by atoms with Gasteiger partial charge in [0.1, 0.15) is 0 Å². The normalized spacial score (nSPS) is 10.6. The molecule has 1 aromatic heterocycles. The van der Waals surface area contributed by atoms with Gasteiger partial charge in [-0.15, -0.1) is 0 Å². The van der Waals surface area contributed by atoms with E-state index >= 15 is 0 Å². The molecule has 1 heterocycles. The molecule has 90 valence electrons. The molecule has 0 saturated heterocycles. The third-order valence-electron chi connectivity index (χ3n) is 2.55. The van der Waals surface area contributed by atoms with E-state index in [0.29, 0.717) is 24.1 Å². The predicted molar refractivity (Wildman–Crippen MR) is 61.2 cm³/mol. The van der Waals surface area contributed by atoms with Gasteiger partial charge in [0.2, 0.25) is 0 Å². The number of hydrogen-bond acceptors (Lipinski definition) is 3. The summed E-state index contributed by atoms with van der Waals surface area (Å²) in [6, 6.07) is 5.35. The molecule has 0 bridgehead atoms. The zero-order valence-electron chi connectivity index (χ0n) is 9.27. The molecule has 17 heavy (non-hydrogen) atoms. The van der Waals surface area contributed by atoms with Crippen LogP contribution < -0.4 is 11.1 Å². The molecule has 2 rings (SSSR count). The minimum absolute atomic E-state index is 0.340. The highest BCUT2D eigenvalue weighted by Crippen LogP contribution is 2.14. The lowest BCUT2D eigenvalue weighted by Crippen LogP contribution is -2.23. The fourth-order valence-corrected chi connectivity index (χ4v) is 1.64. The smallest absolute Gasteiger partial charge is 0.419 e. The first-order chi connectivity index (χ1) is 8.08. The summed E-state index contributed by atoms with van der Waals surface area (Å²) in [5.41, 5.74) is 2.19. The molecule has 0 atom stereocenters. The summed E-state index contributed by atoms with van der Waals surface area (Å²) < 4.78 is 6.41. The average molecular weight is 236 g/mol. The highest BCUT2D eigenvalue weighted by atomic mass is 16.4. The van der Waals surface area contributed by atoms with E-state index in [2.05, 4.69) is 5.32 Å². The summed E-state index contributed by atoms with van der Waals surface area (Å²) in [7, 11) is 1.63. The van der Waals surface area contributed by atoms with E-state index in [0.717, 1.165) is 5.56 Å². The summed E-state index contributed by atoms with van der Waals surface area (Å²) >= 11 is 0. The van der Waals surface area contributed by atoms with Gasteiger partial charge >= 0.3 is 11.8 Å². The minimum atomic E-state index is -1.04. The van der Waals surface area contributed by atoms with Gasteiger partial charge in [-0.1, -0.05) is 6.07 Å². The van der Waals surface area contributed by atoms with E-state index in [1.165, 1.54) is 4.57 Å². The van der Waals surface area contributed by atoms with Crippen molar-refractivity contribution in [1.82, 2.24) is 9.88 Å². The van der Waals surface area contributed by atoms with Gasteiger partial charge in [0.15, 0.2) is 5.58 Å². The van der Waals surface area contributed by atoms with Crippen LogP contribution in [0.2, 0.25) is 0 Å². The lowest BCUT2D eigenvalue weighted by Gasteiger charge is -2.01. The van der Waals surface area contributed by atoms with Crippen molar-refractivity contribution < 1.29 is 14.3 Å². The number of nitrogens with zero attached hydrogens (tertiary/aromatic N) is 1. The molecule has 0 radical (unpaired) electrons. The molecule has 1 amide bonds. The van der Waals surface area contributed by atoms with Gasteiger partial charge in [0.25, 0.3) is 0 Å². The van der Waals surface area contributed by atoms with Gasteiger partial charge < -0.3 is 14.8 Å². The van der Waals surface area contributed by atoms with Crippen LogP contribution in [0.1, 0.15) is 5.56 Å². The number of aromatic nitrogens is 1. The van der Waals surface area contributed by atoms with Crippen molar-refractivity contribution in [2.75, 3.05) is 6.54 Å². The molecule has 2 aromatic rings. The van der Waals surface area contributed by atoms with E-state index in [9.17, 15) is 9.59 Å². The SMILES string of the molecule is Cn1c(=O)oc2ccc(CCNC(=O)O)cc21. The van der Waals surface area contributed by atoms with Gasteiger partial charge in [0.05, 0.1) is 5.52 Å². The lowest BCUT2D eigenvalue weighted by molar-refractivity contribution is 0.194. The Kier molecular flexibility index (Phi) is 2.86. The number of carboxylic acid groups (broad SMARTS) is 1. The molecule has 0 saturated carbocycles. The Bertz CT molecular complexity index is 611. The van der Waals surface area contributed by atoms with Crippen LogP contribution in [0, 0.1) is 0 Å². The first kappa shape index (κ1) is 11.3. The Labute approximate surface area is 96.5 Å². The van der Waals surface area contributed by atoms with E-state index in [-0.39, 0.29) is 0 Å². The van der Waals surface area contributed by atoms with Crippen molar-refractivity contribution in [3.05, 3.63) is 34.3 Å². The van der Waals surface area contributed by atoms with Crippen molar-refractivity contribution in [3.63, 3.8) is 0 Å². The Morgan fingerprint density at radius 1 is 1.53 bits per heavy atom. The fraction of sp³-hybridized carbons (Fsp3) is 0.273. The number of benzene rings is 1. The molecule has 0 spiro atoms. The van der Waals surface area contributed by atoms with Crippen LogP contribution in [0.3, 0.4) is 0 Å². The number of fused-ring (bicyclic) bond motifs is 1. The van der Waals surface area contributed by atoms with Crippen LogP contribution in [0.5, 0.6) is 0 Å². The van der Waals surface area contributed by atoms with Crippen molar-refractivity contribution in [1.29, 1.82) is 0 Å². The summed E-state index contributed by atoms with van der Waals surface area (Å²) in [4.78, 5) is 21.5. The molecular weight excluding hydrogens is 224 g/mol. The Hall–Kier alpha value is -2.24. The molecule has 0 aliphatic rings. The first-order valence-corrected chi connectivity index (χ1v) is 5.13. The number of aryl methyl sites for hydroxylation is 1. The average Bonchev–Trinajstić information content (AvgIpc) is 2.55. The molecule has 6 nitrogen and oxygen atoms in total. The topological polar surface area (TPSA) is 84.5 Å². The zero-order valence-corrected chi connectivity index (χ0v) is 9.27. The monoisotopic (exact) mass is 236 g/mol. The van der Waals surface area contributed by atoms with Crippen LogP contribution >= 0.6 is 0 Å². The fourth-order valence-electron chi connectivity index (χ4n) is 1.64. The quantitative estimate of drug-likeness (QED) is 0.830. The maximum absolute atomic E-state index is 11.3. The number of rotatable bonds is 3. The number of carbonyl (C=O) groups is 1. The predicted octanol–water partition coefficient (Wildman–Crippen LogP) is 0.942. The Morgan fingerprint density at radius 2 is 2.29 bits per heavy atom. The second-order valence-corrected chi connectivity index (χ2v) is 3.71. The van der Waals surface area contributed by atoms with E-state index in [1.807, 2.05) is 12.1 Å². The summed E-state index contributed by atoms with van der Waals surface area (Å²) in [5, 5.41) is 10.7. The van der Waals surface area contributed by atoms with Crippen molar-refractivity contribution >= 4 is 17.2 Å². The number of nitrogens with one attached hydrogen (secondary N) is 1. The third-order valence-corrected chi connectivity index (χ3v) is 2.55. The molecule has 1 aromatic carbocycles. The summed E-state index contributed by atoms with van der Waals surface area (Å²) in [6.07, 6.45) is -0.469. The van der Waals surface area contributed by atoms with Crippen LogP contribution in [-0.2, 0) is 13.5 Å². The molecule has 0 unspecified atom stereocenters. The van der Waals surface area contributed by atoms with Gasteiger partial charge in [-0.3, -0.25) is 4.57 Å². The minimum Gasteiger partial charge on any atom is -0.465 e. The van der Waals surface area contributed by atoms with Crippen molar-refractivity contribution in [2.24, 2.45) is 7.05 Å². The Morgan fingerprint density at radius 3 is 3.00 bits per heavy atom. The first-order valence-electron chi connectivity index (χ1n) is 5.13. The Balaban J connectivity index is 2.22. The largest absolute Gasteiger partial charge is 0.465 e. The van der Waals surface area contributed by atoms with Gasteiger partial charge in [0, 0.05) is 13.6 Å². The lowest BCUT2D eigenvalue weighted by atomic mass is 10.1. The third kappa shape index (κ3) is 2.30. The van der Waals surface area contributed by atoms with E-state index in [4.69, 9.17) is 9.52 Å². The van der Waals surface area contributed by atoms with E-state index in [1.54, 1.807) is 13.1 Å². The highest BCUT2D eigenvalue weighted by Gasteiger charge is 2.06. The van der Waals surface area contributed by atoms with Crippen LogP contribution in [0.4, 0.5) is 4.79 Å². The molecule has 2 N–H and O–H groups in total. The molecule has 6 heteroatoms. The second kappa shape index (κ2) is 4.32. The molecule has 0 aliphatic carbocycles. The van der Waals surface area contributed by atoms with Gasteiger partial charge in [-0.25, -0.2) is 9.59 Å². The zero-order chi connectivity index (χ0) is 12.4. The van der Waals surface area contributed by atoms with E-state index < -0.39 is 11.8 Å². The number of oxazole rings is 1. The number of hydrogen-bond donors (Lipinski definition) is 2. The van der Waals surface area contributed by atoms with Crippen LogP contribution in [-0.4, -0.2) is 22.3 Å². The second-order valence-electron chi connectivity index (χ2n) is 3.71. The van der Waals surface area contributed by atoms with Crippen molar-refractivity contribution in [3.8, 4) is 0 Å². The molecular formula is C11H12N2O4. The molecule has 0 fully saturated rings. The van der Waals surface area contributed by atoms with Gasteiger partial charge in [-0.05, 0) is 24.1 Å². The standard InChI is InChI=1S/C11H12N2O4/c1-13-8-6-7(4-5-12-10(14)15)2-3-9(8)17-11(13)16/h2-3,6,12H,4-5H2,1H3,(H,14,15). The van der Waals surface area contributed by atoms with Crippen molar-refractivity contribution in [2.45, 2.75) is 6.42 Å². The van der Waals surface area contributed by atoms with Crippen LogP contribution in [0.25, 0.3) is 11.1 Å². The maximum Gasteiger partial charge on any atom is 0.419 e. The van der Waals surface area contributed by atoms with Gasteiger partial charge in [-0.2, -0.15) is 0 Å². The maximum atomic E-state index is 11.3. The number of amides is 1. The summed E-state index contributed by atoms with van der Waals surface area (Å²) in [5.74, 6) is -0.402. The molecule has 0 aliphatic heterocycles. The van der Waals surface area contributed by atoms with Crippen LogP contribution in [0.15, 0.2) is 27.4 Å². The summed E-state index contributed by atoms with van der Waals surface area (Å²) in [6.45, 7) is 0.340.